The third kappa shape index (κ3) is 8.25. The number of ether oxygens (including phenoxy) is 2. The van der Waals surface area contributed by atoms with Gasteiger partial charge in [-0.1, -0.05) is 43.7 Å². The van der Waals surface area contributed by atoms with Gasteiger partial charge in [-0.3, -0.25) is 9.59 Å². The maximum Gasteiger partial charge on any atom is 0.242 e. The largest absolute Gasteiger partial charge is 0.497 e. The van der Waals surface area contributed by atoms with E-state index in [1.807, 2.05) is 69.3 Å². The molecular formula is C26H36N2O4. The van der Waals surface area contributed by atoms with E-state index < -0.39 is 6.04 Å². The van der Waals surface area contributed by atoms with Gasteiger partial charge in [-0.25, -0.2) is 0 Å². The highest BCUT2D eigenvalue weighted by Crippen LogP contribution is 2.18. The molecule has 2 aromatic rings. The van der Waals surface area contributed by atoms with Crippen molar-refractivity contribution in [3.63, 3.8) is 0 Å². The van der Waals surface area contributed by atoms with Crippen LogP contribution in [-0.2, 0) is 16.1 Å². The first-order valence-corrected chi connectivity index (χ1v) is 11.2. The minimum atomic E-state index is -0.551. The highest BCUT2D eigenvalue weighted by Gasteiger charge is 2.25. The van der Waals surface area contributed by atoms with Crippen molar-refractivity contribution in [1.29, 1.82) is 0 Å². The molecule has 0 saturated carbocycles. The van der Waals surface area contributed by atoms with Gasteiger partial charge in [0, 0.05) is 19.5 Å². The van der Waals surface area contributed by atoms with Crippen LogP contribution in [0.5, 0.6) is 11.5 Å². The fourth-order valence-electron chi connectivity index (χ4n) is 3.15. The fraction of sp³-hybridized carbons (Fsp3) is 0.462. The Morgan fingerprint density at radius 1 is 0.969 bits per heavy atom. The van der Waals surface area contributed by atoms with Crippen molar-refractivity contribution in [2.45, 2.75) is 53.1 Å². The Morgan fingerprint density at radius 3 is 2.19 bits per heavy atom. The number of hydrogen-bond donors (Lipinski definition) is 1. The summed E-state index contributed by atoms with van der Waals surface area (Å²) in [5.41, 5.74) is 2.16. The molecule has 0 aliphatic carbocycles. The van der Waals surface area contributed by atoms with Crippen LogP contribution >= 0.6 is 0 Å². The van der Waals surface area contributed by atoms with Gasteiger partial charge in [0.1, 0.15) is 17.5 Å². The van der Waals surface area contributed by atoms with Crippen LogP contribution in [0, 0.1) is 12.8 Å². The number of carbonyl (C=O) groups is 2. The average Bonchev–Trinajstić information content (AvgIpc) is 2.79. The number of methoxy groups -OCH3 is 1. The number of aryl methyl sites for hydroxylation is 1. The second-order valence-electron chi connectivity index (χ2n) is 8.45. The molecule has 2 amide bonds. The summed E-state index contributed by atoms with van der Waals surface area (Å²) in [6.45, 7) is 9.31. The van der Waals surface area contributed by atoms with Crippen molar-refractivity contribution < 1.29 is 19.1 Å². The Kier molecular flexibility index (Phi) is 10.1. The van der Waals surface area contributed by atoms with E-state index in [0.29, 0.717) is 38.5 Å². The molecule has 6 heteroatoms. The van der Waals surface area contributed by atoms with Crippen molar-refractivity contribution in [2.75, 3.05) is 20.3 Å². The van der Waals surface area contributed by atoms with Crippen LogP contribution in [0.2, 0.25) is 0 Å². The fourth-order valence-corrected chi connectivity index (χ4v) is 3.15. The molecule has 6 nitrogen and oxygen atoms in total. The van der Waals surface area contributed by atoms with E-state index in [4.69, 9.17) is 9.47 Å². The smallest absolute Gasteiger partial charge is 0.242 e. The van der Waals surface area contributed by atoms with Gasteiger partial charge in [0.25, 0.3) is 0 Å². The molecular weight excluding hydrogens is 404 g/mol. The lowest BCUT2D eigenvalue weighted by Crippen LogP contribution is -2.48. The summed E-state index contributed by atoms with van der Waals surface area (Å²) in [5, 5.41) is 2.94. The minimum absolute atomic E-state index is 0.0592. The summed E-state index contributed by atoms with van der Waals surface area (Å²) in [7, 11) is 1.62. The normalized spacial score (nSPS) is 11.7. The van der Waals surface area contributed by atoms with Crippen molar-refractivity contribution >= 4 is 11.8 Å². The van der Waals surface area contributed by atoms with Crippen LogP contribution in [0.4, 0.5) is 0 Å². The molecule has 0 radical (unpaired) electrons. The molecule has 0 aliphatic rings. The van der Waals surface area contributed by atoms with Gasteiger partial charge in [-0.2, -0.15) is 0 Å². The summed E-state index contributed by atoms with van der Waals surface area (Å²) < 4.78 is 10.9. The van der Waals surface area contributed by atoms with Crippen LogP contribution in [0.25, 0.3) is 0 Å². The highest BCUT2D eigenvalue weighted by molar-refractivity contribution is 5.87. The lowest BCUT2D eigenvalue weighted by molar-refractivity contribution is -0.140. The Balaban J connectivity index is 1.96. The molecule has 2 aromatic carbocycles. The van der Waals surface area contributed by atoms with E-state index in [1.165, 1.54) is 0 Å². The zero-order valence-corrected chi connectivity index (χ0v) is 19.9. The van der Waals surface area contributed by atoms with Crippen molar-refractivity contribution in [3.8, 4) is 11.5 Å². The monoisotopic (exact) mass is 440 g/mol. The van der Waals surface area contributed by atoms with E-state index >= 15 is 0 Å². The molecule has 0 spiro atoms. The molecule has 0 aliphatic heterocycles. The molecule has 1 atom stereocenters. The Bertz CT molecular complexity index is 847. The van der Waals surface area contributed by atoms with E-state index in [1.54, 1.807) is 18.9 Å². The van der Waals surface area contributed by atoms with Crippen LogP contribution in [0.15, 0.2) is 48.5 Å². The molecule has 0 aromatic heterocycles. The number of benzene rings is 2. The van der Waals surface area contributed by atoms with Gasteiger partial charge in [0.2, 0.25) is 11.8 Å². The Morgan fingerprint density at radius 2 is 1.59 bits per heavy atom. The van der Waals surface area contributed by atoms with E-state index in [2.05, 4.69) is 5.32 Å². The summed E-state index contributed by atoms with van der Waals surface area (Å²) in [6, 6.07) is 14.8. The third-order valence-corrected chi connectivity index (χ3v) is 5.19. The van der Waals surface area contributed by atoms with Crippen molar-refractivity contribution in [3.05, 3.63) is 59.7 Å². The zero-order chi connectivity index (χ0) is 23.5. The number of amides is 2. The summed E-state index contributed by atoms with van der Waals surface area (Å²) >= 11 is 0. The third-order valence-electron chi connectivity index (χ3n) is 5.19. The van der Waals surface area contributed by atoms with E-state index in [9.17, 15) is 9.59 Å². The molecule has 0 fully saturated rings. The number of hydrogen-bond acceptors (Lipinski definition) is 4. The van der Waals surface area contributed by atoms with Gasteiger partial charge in [0.05, 0.1) is 13.7 Å². The number of nitrogens with one attached hydrogen (secondary N) is 1. The Labute approximate surface area is 191 Å². The molecule has 32 heavy (non-hydrogen) atoms. The lowest BCUT2D eigenvalue weighted by Gasteiger charge is -2.29. The second-order valence-corrected chi connectivity index (χ2v) is 8.45. The van der Waals surface area contributed by atoms with Gasteiger partial charge < -0.3 is 19.7 Å². The van der Waals surface area contributed by atoms with Crippen molar-refractivity contribution in [1.82, 2.24) is 10.2 Å². The molecule has 0 saturated heterocycles. The van der Waals surface area contributed by atoms with Gasteiger partial charge in [0.15, 0.2) is 0 Å². The van der Waals surface area contributed by atoms with Crippen LogP contribution in [0.1, 0.15) is 44.7 Å². The first kappa shape index (κ1) is 25.2. The molecule has 2 rings (SSSR count). The molecule has 0 heterocycles. The zero-order valence-electron chi connectivity index (χ0n) is 19.9. The first-order valence-electron chi connectivity index (χ1n) is 11.2. The van der Waals surface area contributed by atoms with Gasteiger partial charge in [-0.15, -0.1) is 0 Å². The SMILES string of the molecule is COc1ccc(OCCCC(=O)N(Cc2ccc(C)cc2)[C@@H](C)C(=O)NCC(C)C)cc1. The first-order chi connectivity index (χ1) is 15.3. The van der Waals surface area contributed by atoms with Gasteiger partial charge in [-0.05, 0) is 56.0 Å². The van der Waals surface area contributed by atoms with E-state index in [-0.39, 0.29) is 11.8 Å². The van der Waals surface area contributed by atoms with Crippen LogP contribution < -0.4 is 14.8 Å². The van der Waals surface area contributed by atoms with Crippen molar-refractivity contribution in [2.24, 2.45) is 5.92 Å². The number of rotatable bonds is 12. The summed E-state index contributed by atoms with van der Waals surface area (Å²) in [6.07, 6.45) is 0.874. The maximum absolute atomic E-state index is 13.1. The van der Waals surface area contributed by atoms with Gasteiger partial charge >= 0.3 is 0 Å². The Hall–Kier alpha value is -3.02. The standard InChI is InChI=1S/C26H36N2O4/c1-19(2)17-27-26(30)21(4)28(18-22-10-8-20(3)9-11-22)25(29)7-6-16-32-24-14-12-23(31-5)13-15-24/h8-15,19,21H,6-7,16-18H2,1-5H3,(H,27,30)/t21-/m0/s1. The molecule has 0 unspecified atom stereocenters. The predicted molar refractivity (Wildman–Crippen MR) is 127 cm³/mol. The predicted octanol–water partition coefficient (Wildman–Crippen LogP) is 4.35. The molecule has 1 N–H and O–H groups in total. The highest BCUT2D eigenvalue weighted by atomic mass is 16.5. The van der Waals surface area contributed by atoms with E-state index in [0.717, 1.165) is 22.6 Å². The number of nitrogens with zero attached hydrogens (tertiary/aromatic N) is 1. The average molecular weight is 441 g/mol. The second kappa shape index (κ2) is 12.7. The maximum atomic E-state index is 13.1. The van der Waals surface area contributed by atoms with Crippen LogP contribution in [-0.4, -0.2) is 43.0 Å². The topological polar surface area (TPSA) is 67.9 Å². The quantitative estimate of drug-likeness (QED) is 0.498. The lowest BCUT2D eigenvalue weighted by atomic mass is 10.1. The summed E-state index contributed by atoms with van der Waals surface area (Å²) in [4.78, 5) is 27.4. The molecule has 174 valence electrons. The summed E-state index contributed by atoms with van der Waals surface area (Å²) in [5.74, 6) is 1.66. The molecule has 0 bridgehead atoms. The number of carbonyl (C=O) groups excluding carboxylic acids is 2. The minimum Gasteiger partial charge on any atom is -0.497 e. The van der Waals surface area contributed by atoms with Crippen LogP contribution in [0.3, 0.4) is 0 Å².